The third-order valence-corrected chi connectivity index (χ3v) is 7.83. The molecule has 7 heteroatoms. The summed E-state index contributed by atoms with van der Waals surface area (Å²) in [7, 11) is 0. The van der Waals surface area contributed by atoms with E-state index in [0.717, 1.165) is 40.7 Å². The van der Waals surface area contributed by atoms with Gasteiger partial charge in [-0.15, -0.1) is 11.3 Å². The molecule has 2 aromatic heterocycles. The van der Waals surface area contributed by atoms with Crippen molar-refractivity contribution in [2.24, 2.45) is 0 Å². The third kappa shape index (κ3) is 2.88. The van der Waals surface area contributed by atoms with Crippen LogP contribution < -0.4 is 5.56 Å². The maximum atomic E-state index is 13.7. The van der Waals surface area contributed by atoms with Gasteiger partial charge in [-0.05, 0) is 49.8 Å². The Hall–Kier alpha value is -2.12. The Kier molecular flexibility index (Phi) is 4.51. The van der Waals surface area contributed by atoms with Crippen LogP contribution in [0.4, 0.5) is 0 Å². The fraction of sp³-hybridized carbons (Fsp3) is 0.381. The van der Waals surface area contributed by atoms with Gasteiger partial charge in [0.15, 0.2) is 5.16 Å². The number of carbonyl (C=O) groups is 1. The van der Waals surface area contributed by atoms with Gasteiger partial charge < -0.3 is 4.74 Å². The van der Waals surface area contributed by atoms with Gasteiger partial charge in [-0.25, -0.2) is 4.98 Å². The molecule has 5 nitrogen and oxygen atoms in total. The Bertz CT molecular complexity index is 1150. The van der Waals surface area contributed by atoms with Crippen molar-refractivity contribution >= 4 is 39.3 Å². The van der Waals surface area contributed by atoms with Crippen LogP contribution in [0.1, 0.15) is 35.3 Å². The molecular weight excluding hydrogens is 392 g/mol. The lowest BCUT2D eigenvalue weighted by atomic mass is 9.97. The highest BCUT2D eigenvalue weighted by Gasteiger charge is 2.31. The molecule has 5 rings (SSSR count). The van der Waals surface area contributed by atoms with Crippen LogP contribution in [0, 0.1) is 6.92 Å². The second kappa shape index (κ2) is 7.04. The smallest absolute Gasteiger partial charge is 0.319 e. The van der Waals surface area contributed by atoms with Crippen molar-refractivity contribution in [2.75, 3.05) is 6.61 Å². The number of ether oxygens (including phenoxy) is 1. The minimum absolute atomic E-state index is 0.0208. The summed E-state index contributed by atoms with van der Waals surface area (Å²) in [5.74, 6) is -0.221. The van der Waals surface area contributed by atoms with Crippen molar-refractivity contribution in [3.63, 3.8) is 0 Å². The molecule has 0 saturated carbocycles. The molecule has 0 amide bonds. The second-order valence-corrected chi connectivity index (χ2v) is 9.53. The van der Waals surface area contributed by atoms with E-state index in [1.54, 1.807) is 15.9 Å². The summed E-state index contributed by atoms with van der Waals surface area (Å²) in [6, 6.07) is 7.83. The van der Waals surface area contributed by atoms with E-state index < -0.39 is 0 Å². The number of hydrogen-bond acceptors (Lipinski definition) is 6. The Morgan fingerprint density at radius 2 is 2.04 bits per heavy atom. The molecule has 1 unspecified atom stereocenters. The van der Waals surface area contributed by atoms with E-state index in [-0.39, 0.29) is 16.8 Å². The molecule has 1 aromatic carbocycles. The molecule has 3 aromatic rings. The van der Waals surface area contributed by atoms with Gasteiger partial charge in [0, 0.05) is 11.3 Å². The number of para-hydroxylation sites is 1. The number of benzene rings is 1. The summed E-state index contributed by atoms with van der Waals surface area (Å²) in [6.07, 6.45) is 4.90. The molecule has 1 saturated heterocycles. The molecule has 1 aliphatic heterocycles. The van der Waals surface area contributed by atoms with Gasteiger partial charge in [-0.1, -0.05) is 30.0 Å². The van der Waals surface area contributed by atoms with Crippen molar-refractivity contribution in [1.29, 1.82) is 0 Å². The van der Waals surface area contributed by atoms with Crippen LogP contribution in [0.2, 0.25) is 0 Å². The monoisotopic (exact) mass is 412 g/mol. The van der Waals surface area contributed by atoms with E-state index in [9.17, 15) is 9.59 Å². The first-order chi connectivity index (χ1) is 13.6. The molecule has 2 aliphatic rings. The predicted molar refractivity (Wildman–Crippen MR) is 112 cm³/mol. The van der Waals surface area contributed by atoms with Crippen molar-refractivity contribution in [3.05, 3.63) is 50.6 Å². The summed E-state index contributed by atoms with van der Waals surface area (Å²) in [5.41, 5.74) is 2.99. The standard InChI is InChI=1S/C21H20N2O3S2/c1-12-6-2-4-8-14(12)23-19(24)17-13-7-3-5-9-15(13)27-18(17)22-21(23)28-16-10-11-26-20(16)25/h2,4,6,8,16H,3,5,7,9-11H2,1H3. The number of hydrogen-bond donors (Lipinski definition) is 0. The molecule has 1 fully saturated rings. The van der Waals surface area contributed by atoms with E-state index >= 15 is 0 Å². The zero-order valence-corrected chi connectivity index (χ0v) is 17.2. The number of esters is 1. The minimum atomic E-state index is -0.311. The summed E-state index contributed by atoms with van der Waals surface area (Å²) in [4.78, 5) is 32.7. The number of aryl methyl sites for hydroxylation is 3. The molecule has 0 radical (unpaired) electrons. The Morgan fingerprint density at radius 3 is 2.82 bits per heavy atom. The Balaban J connectivity index is 1.77. The third-order valence-electron chi connectivity index (χ3n) is 5.45. The van der Waals surface area contributed by atoms with Gasteiger partial charge in [0.05, 0.1) is 17.7 Å². The van der Waals surface area contributed by atoms with E-state index in [0.29, 0.717) is 18.2 Å². The molecule has 3 heterocycles. The van der Waals surface area contributed by atoms with Crippen LogP contribution in [0.5, 0.6) is 0 Å². The molecule has 28 heavy (non-hydrogen) atoms. The van der Waals surface area contributed by atoms with Gasteiger partial charge in [0.1, 0.15) is 10.1 Å². The van der Waals surface area contributed by atoms with Crippen molar-refractivity contribution in [3.8, 4) is 5.69 Å². The van der Waals surface area contributed by atoms with Gasteiger partial charge in [-0.3, -0.25) is 14.2 Å². The van der Waals surface area contributed by atoms with Crippen LogP contribution in [0.3, 0.4) is 0 Å². The summed E-state index contributed by atoms with van der Waals surface area (Å²) in [5, 5.41) is 1.03. The number of fused-ring (bicyclic) bond motifs is 3. The number of aromatic nitrogens is 2. The molecule has 0 spiro atoms. The van der Waals surface area contributed by atoms with Crippen LogP contribution in [-0.2, 0) is 22.4 Å². The highest BCUT2D eigenvalue weighted by molar-refractivity contribution is 8.00. The summed E-state index contributed by atoms with van der Waals surface area (Å²) in [6.45, 7) is 2.42. The van der Waals surface area contributed by atoms with E-state index in [1.807, 2.05) is 31.2 Å². The summed E-state index contributed by atoms with van der Waals surface area (Å²) < 4.78 is 6.82. The highest BCUT2D eigenvalue weighted by Crippen LogP contribution is 2.37. The molecule has 144 valence electrons. The van der Waals surface area contributed by atoms with Gasteiger partial charge in [0.2, 0.25) is 0 Å². The number of cyclic esters (lactones) is 1. The molecule has 0 bridgehead atoms. The maximum absolute atomic E-state index is 13.7. The number of thiophene rings is 1. The quantitative estimate of drug-likeness (QED) is 0.480. The lowest BCUT2D eigenvalue weighted by Crippen LogP contribution is -2.24. The zero-order chi connectivity index (χ0) is 19.3. The number of nitrogens with zero attached hydrogens (tertiary/aromatic N) is 2. The van der Waals surface area contributed by atoms with E-state index in [4.69, 9.17) is 9.72 Å². The second-order valence-electron chi connectivity index (χ2n) is 7.28. The molecule has 0 N–H and O–H groups in total. The van der Waals surface area contributed by atoms with Gasteiger partial charge in [-0.2, -0.15) is 0 Å². The lowest BCUT2D eigenvalue weighted by molar-refractivity contribution is -0.137. The Labute approximate surface area is 170 Å². The zero-order valence-electron chi connectivity index (χ0n) is 15.6. The average molecular weight is 413 g/mol. The normalized spacial score (nSPS) is 19.0. The largest absolute Gasteiger partial charge is 0.465 e. The lowest BCUT2D eigenvalue weighted by Gasteiger charge is -2.16. The number of carbonyl (C=O) groups excluding carboxylic acids is 1. The van der Waals surface area contributed by atoms with Crippen LogP contribution >= 0.6 is 23.1 Å². The predicted octanol–water partition coefficient (Wildman–Crippen LogP) is 4.04. The maximum Gasteiger partial charge on any atom is 0.319 e. The fourth-order valence-corrected chi connectivity index (χ4v) is 6.38. The first-order valence-corrected chi connectivity index (χ1v) is 11.3. The topological polar surface area (TPSA) is 61.2 Å². The SMILES string of the molecule is Cc1ccccc1-n1c(SC2CCOC2=O)nc2sc3c(c2c1=O)CCCC3. The van der Waals surface area contributed by atoms with Gasteiger partial charge in [0.25, 0.3) is 5.56 Å². The first kappa shape index (κ1) is 17.9. The summed E-state index contributed by atoms with van der Waals surface area (Å²) >= 11 is 2.99. The van der Waals surface area contributed by atoms with Crippen LogP contribution in [0.15, 0.2) is 34.2 Å². The first-order valence-electron chi connectivity index (χ1n) is 9.60. The van der Waals surface area contributed by atoms with Gasteiger partial charge >= 0.3 is 5.97 Å². The van der Waals surface area contributed by atoms with E-state index in [2.05, 4.69) is 0 Å². The van der Waals surface area contributed by atoms with E-state index in [1.165, 1.54) is 28.6 Å². The van der Waals surface area contributed by atoms with Crippen molar-refractivity contribution in [1.82, 2.24) is 9.55 Å². The van der Waals surface area contributed by atoms with Crippen LogP contribution in [-0.4, -0.2) is 27.4 Å². The molecule has 1 aliphatic carbocycles. The van der Waals surface area contributed by atoms with Crippen LogP contribution in [0.25, 0.3) is 15.9 Å². The minimum Gasteiger partial charge on any atom is -0.465 e. The number of thioether (sulfide) groups is 1. The fourth-order valence-electron chi connectivity index (χ4n) is 4.00. The van der Waals surface area contributed by atoms with Crippen molar-refractivity contribution in [2.45, 2.75) is 49.4 Å². The molecule has 1 atom stereocenters. The number of rotatable bonds is 3. The average Bonchev–Trinajstić information content (AvgIpc) is 3.26. The molecular formula is C21H20N2O3S2. The Morgan fingerprint density at radius 1 is 1.21 bits per heavy atom. The van der Waals surface area contributed by atoms with Crippen molar-refractivity contribution < 1.29 is 9.53 Å². The highest BCUT2D eigenvalue weighted by atomic mass is 32.2.